The minimum atomic E-state index is 0.403. The molecule has 0 saturated carbocycles. The van der Waals surface area contributed by atoms with Gasteiger partial charge in [-0.05, 0) is 51.4 Å². The average Bonchev–Trinajstić information content (AvgIpc) is 3.17. The molecule has 0 aromatic carbocycles. The first-order valence-corrected chi connectivity index (χ1v) is 8.82. The fourth-order valence-electron chi connectivity index (χ4n) is 3.24. The third-order valence-electron chi connectivity index (χ3n) is 4.60. The predicted molar refractivity (Wildman–Crippen MR) is 88.5 cm³/mol. The standard InChI is InChI=1S/C18H32N2O/c1-3-4-5-6-10-16(2)19-15-17(18-11-9-14-21-18)20-12-7-8-13-20/h9,11,14,16-17,19H,3-8,10,12-13,15H2,1-2H3. The highest BCUT2D eigenvalue weighted by Crippen LogP contribution is 2.25. The number of nitrogens with zero attached hydrogens (tertiary/aromatic N) is 1. The minimum absolute atomic E-state index is 0.403. The van der Waals surface area contributed by atoms with Gasteiger partial charge in [0.1, 0.15) is 5.76 Å². The largest absolute Gasteiger partial charge is 0.468 e. The Hall–Kier alpha value is -0.800. The van der Waals surface area contributed by atoms with Crippen LogP contribution in [-0.2, 0) is 0 Å². The van der Waals surface area contributed by atoms with Gasteiger partial charge in [0.25, 0.3) is 0 Å². The summed E-state index contributed by atoms with van der Waals surface area (Å²) in [5.41, 5.74) is 0. The topological polar surface area (TPSA) is 28.4 Å². The van der Waals surface area contributed by atoms with E-state index in [1.807, 2.05) is 6.07 Å². The van der Waals surface area contributed by atoms with Crippen LogP contribution in [0.25, 0.3) is 0 Å². The zero-order chi connectivity index (χ0) is 14.9. The molecule has 2 unspecified atom stereocenters. The van der Waals surface area contributed by atoms with E-state index in [1.54, 1.807) is 6.26 Å². The second-order valence-corrected chi connectivity index (χ2v) is 6.43. The second kappa shape index (κ2) is 9.26. The van der Waals surface area contributed by atoms with E-state index in [1.165, 1.54) is 58.0 Å². The highest BCUT2D eigenvalue weighted by atomic mass is 16.3. The van der Waals surface area contributed by atoms with Crippen LogP contribution in [0.5, 0.6) is 0 Å². The van der Waals surface area contributed by atoms with Crippen LogP contribution >= 0.6 is 0 Å². The summed E-state index contributed by atoms with van der Waals surface area (Å²) in [6, 6.07) is 5.13. The van der Waals surface area contributed by atoms with Crippen molar-refractivity contribution in [1.29, 1.82) is 0 Å². The molecule has 0 aliphatic carbocycles. The van der Waals surface area contributed by atoms with Crippen molar-refractivity contribution in [3.63, 3.8) is 0 Å². The lowest BCUT2D eigenvalue weighted by molar-refractivity contribution is 0.204. The Morgan fingerprint density at radius 2 is 2.05 bits per heavy atom. The van der Waals surface area contributed by atoms with Crippen molar-refractivity contribution in [2.75, 3.05) is 19.6 Å². The van der Waals surface area contributed by atoms with Crippen molar-refractivity contribution in [1.82, 2.24) is 10.2 Å². The second-order valence-electron chi connectivity index (χ2n) is 6.43. The number of hydrogen-bond donors (Lipinski definition) is 1. The van der Waals surface area contributed by atoms with Gasteiger partial charge in [-0.3, -0.25) is 4.90 Å². The van der Waals surface area contributed by atoms with E-state index in [0.29, 0.717) is 12.1 Å². The summed E-state index contributed by atoms with van der Waals surface area (Å²) in [5, 5.41) is 3.72. The maximum absolute atomic E-state index is 5.67. The summed E-state index contributed by atoms with van der Waals surface area (Å²) in [7, 11) is 0. The Bertz CT molecular complexity index is 357. The van der Waals surface area contributed by atoms with Gasteiger partial charge in [0.05, 0.1) is 12.3 Å². The van der Waals surface area contributed by atoms with Gasteiger partial charge >= 0.3 is 0 Å². The van der Waals surface area contributed by atoms with Crippen LogP contribution in [0, 0.1) is 0 Å². The fourth-order valence-corrected chi connectivity index (χ4v) is 3.24. The van der Waals surface area contributed by atoms with E-state index in [2.05, 4.69) is 30.1 Å². The summed E-state index contributed by atoms with van der Waals surface area (Å²) in [5.74, 6) is 1.11. The molecule has 0 spiro atoms. The van der Waals surface area contributed by atoms with Crippen molar-refractivity contribution in [3.8, 4) is 0 Å². The van der Waals surface area contributed by atoms with Gasteiger partial charge in [-0.1, -0.05) is 32.6 Å². The van der Waals surface area contributed by atoms with Crippen LogP contribution in [0.2, 0.25) is 0 Å². The van der Waals surface area contributed by atoms with Crippen molar-refractivity contribution in [3.05, 3.63) is 24.2 Å². The predicted octanol–water partition coefficient (Wildman–Crippen LogP) is 4.37. The maximum Gasteiger partial charge on any atom is 0.122 e. The third-order valence-corrected chi connectivity index (χ3v) is 4.60. The smallest absolute Gasteiger partial charge is 0.122 e. The van der Waals surface area contributed by atoms with Crippen LogP contribution < -0.4 is 5.32 Å². The Balaban J connectivity index is 1.76. The molecule has 3 nitrogen and oxygen atoms in total. The lowest BCUT2D eigenvalue weighted by Crippen LogP contribution is -2.37. The summed E-state index contributed by atoms with van der Waals surface area (Å²) in [6.45, 7) is 8.00. The van der Waals surface area contributed by atoms with Gasteiger partial charge in [-0.25, -0.2) is 0 Å². The minimum Gasteiger partial charge on any atom is -0.468 e. The van der Waals surface area contributed by atoms with Crippen molar-refractivity contribution >= 4 is 0 Å². The summed E-state index contributed by atoms with van der Waals surface area (Å²) >= 11 is 0. The van der Waals surface area contributed by atoms with Crippen LogP contribution in [0.3, 0.4) is 0 Å². The van der Waals surface area contributed by atoms with E-state index in [4.69, 9.17) is 4.42 Å². The van der Waals surface area contributed by atoms with Crippen LogP contribution in [0.15, 0.2) is 22.8 Å². The van der Waals surface area contributed by atoms with E-state index >= 15 is 0 Å². The Morgan fingerprint density at radius 1 is 1.24 bits per heavy atom. The molecule has 21 heavy (non-hydrogen) atoms. The van der Waals surface area contributed by atoms with Crippen molar-refractivity contribution in [2.24, 2.45) is 0 Å². The van der Waals surface area contributed by atoms with Gasteiger partial charge < -0.3 is 9.73 Å². The molecule has 1 aromatic rings. The normalized spacial score (nSPS) is 19.0. The molecule has 120 valence electrons. The summed E-state index contributed by atoms with van der Waals surface area (Å²) in [4.78, 5) is 2.57. The first-order valence-electron chi connectivity index (χ1n) is 8.82. The number of hydrogen-bond acceptors (Lipinski definition) is 3. The molecule has 1 N–H and O–H groups in total. The number of unbranched alkanes of at least 4 members (excludes halogenated alkanes) is 3. The molecule has 2 heterocycles. The van der Waals surface area contributed by atoms with E-state index in [0.717, 1.165) is 12.3 Å². The summed E-state index contributed by atoms with van der Waals surface area (Å²) in [6.07, 6.45) is 11.1. The van der Waals surface area contributed by atoms with Gasteiger partial charge in [0.2, 0.25) is 0 Å². The van der Waals surface area contributed by atoms with Gasteiger partial charge in [-0.15, -0.1) is 0 Å². The monoisotopic (exact) mass is 292 g/mol. The zero-order valence-electron chi connectivity index (χ0n) is 13.8. The molecule has 1 aliphatic rings. The van der Waals surface area contributed by atoms with Crippen LogP contribution in [0.1, 0.15) is 70.6 Å². The molecule has 1 aliphatic heterocycles. The van der Waals surface area contributed by atoms with Gasteiger partial charge in [0, 0.05) is 12.6 Å². The molecule has 0 radical (unpaired) electrons. The number of rotatable bonds is 10. The number of likely N-dealkylation sites (tertiary alicyclic amines) is 1. The molecule has 0 bridgehead atoms. The van der Waals surface area contributed by atoms with E-state index < -0.39 is 0 Å². The Kier molecular flexibility index (Phi) is 7.31. The molecule has 0 amide bonds. The fraction of sp³-hybridized carbons (Fsp3) is 0.778. The first kappa shape index (κ1) is 16.6. The first-order chi connectivity index (χ1) is 10.3. The maximum atomic E-state index is 5.67. The van der Waals surface area contributed by atoms with Crippen LogP contribution in [-0.4, -0.2) is 30.6 Å². The van der Waals surface area contributed by atoms with Crippen molar-refractivity contribution < 1.29 is 4.42 Å². The van der Waals surface area contributed by atoms with Crippen molar-refractivity contribution in [2.45, 2.75) is 70.9 Å². The molecule has 3 heteroatoms. The SMILES string of the molecule is CCCCCCC(C)NCC(c1ccco1)N1CCCC1. The molecule has 2 rings (SSSR count). The Labute approximate surface area is 130 Å². The third kappa shape index (κ3) is 5.48. The highest BCUT2D eigenvalue weighted by Gasteiger charge is 2.25. The molecular formula is C18H32N2O. The molecule has 2 atom stereocenters. The number of nitrogens with one attached hydrogen (secondary N) is 1. The lowest BCUT2D eigenvalue weighted by Gasteiger charge is -2.27. The molecule has 1 fully saturated rings. The zero-order valence-corrected chi connectivity index (χ0v) is 13.8. The molecule has 1 saturated heterocycles. The quantitative estimate of drug-likeness (QED) is 0.649. The average molecular weight is 292 g/mol. The highest BCUT2D eigenvalue weighted by molar-refractivity contribution is 5.06. The van der Waals surface area contributed by atoms with Gasteiger partial charge in [0.15, 0.2) is 0 Å². The molecule has 1 aromatic heterocycles. The number of furan rings is 1. The van der Waals surface area contributed by atoms with Gasteiger partial charge in [-0.2, -0.15) is 0 Å². The molecular weight excluding hydrogens is 260 g/mol. The lowest BCUT2D eigenvalue weighted by atomic mass is 10.1. The van der Waals surface area contributed by atoms with E-state index in [-0.39, 0.29) is 0 Å². The van der Waals surface area contributed by atoms with Crippen LogP contribution in [0.4, 0.5) is 0 Å². The Morgan fingerprint density at radius 3 is 2.71 bits per heavy atom. The summed E-state index contributed by atoms with van der Waals surface area (Å²) < 4.78 is 5.67. The van der Waals surface area contributed by atoms with E-state index in [9.17, 15) is 0 Å².